The van der Waals surface area contributed by atoms with E-state index in [1.807, 2.05) is 5.32 Å². The van der Waals surface area contributed by atoms with Gasteiger partial charge in [-0.05, 0) is 49.4 Å². The largest absolute Gasteiger partial charge is 0.452 e. The fourth-order valence-electron chi connectivity index (χ4n) is 2.77. The lowest BCUT2D eigenvalue weighted by Crippen LogP contribution is -2.41. The van der Waals surface area contributed by atoms with Crippen molar-refractivity contribution in [1.29, 1.82) is 0 Å². The fourth-order valence-corrected chi connectivity index (χ4v) is 2.77. The van der Waals surface area contributed by atoms with E-state index in [0.29, 0.717) is 6.54 Å². The number of anilines is 1. The molecule has 154 valence electrons. The summed E-state index contributed by atoms with van der Waals surface area (Å²) in [6, 6.07) is 7.86. The topological polar surface area (TPSA) is 122 Å². The van der Waals surface area contributed by atoms with E-state index >= 15 is 0 Å². The first kappa shape index (κ1) is 20.6. The molecular weight excluding hydrogens is 397 g/mol. The van der Waals surface area contributed by atoms with Crippen LogP contribution in [0.5, 0.6) is 0 Å². The minimum Gasteiger partial charge on any atom is -0.452 e. The van der Waals surface area contributed by atoms with E-state index in [1.54, 1.807) is 6.92 Å². The lowest BCUT2D eigenvalue weighted by molar-refractivity contribution is -0.123. The molecule has 0 aliphatic carbocycles. The lowest BCUT2D eigenvalue weighted by Gasteiger charge is -2.13. The molecule has 0 unspecified atom stereocenters. The molecule has 10 heteroatoms. The third kappa shape index (κ3) is 4.17. The van der Waals surface area contributed by atoms with Crippen LogP contribution >= 0.6 is 0 Å². The van der Waals surface area contributed by atoms with Gasteiger partial charge in [-0.25, -0.2) is 18.9 Å². The number of rotatable bonds is 5. The number of amides is 5. The molecule has 1 aliphatic heterocycles. The monoisotopic (exact) mass is 413 g/mol. The molecule has 5 amide bonds. The number of carbonyl (C=O) groups excluding carboxylic acids is 5. The summed E-state index contributed by atoms with van der Waals surface area (Å²) in [6.45, 7) is 1.28. The molecule has 0 radical (unpaired) electrons. The van der Waals surface area contributed by atoms with Crippen molar-refractivity contribution in [3.8, 4) is 0 Å². The highest BCUT2D eigenvalue weighted by Crippen LogP contribution is 2.29. The van der Waals surface area contributed by atoms with E-state index in [4.69, 9.17) is 4.74 Å². The first-order chi connectivity index (χ1) is 14.3. The number of ether oxygens (including phenoxy) is 1. The van der Waals surface area contributed by atoms with Crippen molar-refractivity contribution < 1.29 is 33.1 Å². The van der Waals surface area contributed by atoms with Crippen LogP contribution in [0.1, 0.15) is 38.0 Å². The van der Waals surface area contributed by atoms with Crippen LogP contribution in [-0.2, 0) is 9.53 Å². The van der Waals surface area contributed by atoms with Crippen LogP contribution in [0.25, 0.3) is 0 Å². The van der Waals surface area contributed by atoms with Crippen molar-refractivity contribution in [1.82, 2.24) is 10.6 Å². The van der Waals surface area contributed by atoms with Crippen molar-refractivity contribution >= 4 is 35.4 Å². The summed E-state index contributed by atoms with van der Waals surface area (Å²) >= 11 is 0. The normalized spacial score (nSPS) is 12.4. The Morgan fingerprint density at radius 2 is 1.67 bits per heavy atom. The summed E-state index contributed by atoms with van der Waals surface area (Å²) in [7, 11) is 0. The number of nitrogens with one attached hydrogen (secondary N) is 2. The Morgan fingerprint density at radius 3 is 2.33 bits per heavy atom. The zero-order chi connectivity index (χ0) is 21.8. The summed E-state index contributed by atoms with van der Waals surface area (Å²) < 4.78 is 18.0. The number of imide groups is 2. The number of nitrogens with zero attached hydrogens (tertiary/aromatic N) is 1. The van der Waals surface area contributed by atoms with Crippen molar-refractivity contribution in [3.05, 3.63) is 65.0 Å². The number of fused-ring (bicyclic) bond motifs is 1. The van der Waals surface area contributed by atoms with Crippen LogP contribution in [-0.4, -0.2) is 42.9 Å². The second-order valence-corrected chi connectivity index (χ2v) is 6.17. The lowest BCUT2D eigenvalue weighted by atomic mass is 10.1. The van der Waals surface area contributed by atoms with Gasteiger partial charge in [0, 0.05) is 6.54 Å². The van der Waals surface area contributed by atoms with Gasteiger partial charge in [0.05, 0.1) is 22.4 Å². The molecular formula is C20H16FN3O6. The molecule has 1 aliphatic rings. The predicted octanol–water partition coefficient (Wildman–Crippen LogP) is 1.63. The molecule has 0 aromatic heterocycles. The van der Waals surface area contributed by atoms with Gasteiger partial charge in [0.15, 0.2) is 6.61 Å². The molecule has 30 heavy (non-hydrogen) atoms. The maximum atomic E-state index is 13.1. The van der Waals surface area contributed by atoms with E-state index < -0.39 is 42.1 Å². The number of carbonyl (C=O) groups is 5. The maximum absolute atomic E-state index is 13.1. The summed E-state index contributed by atoms with van der Waals surface area (Å²) in [6.07, 6.45) is 0. The van der Waals surface area contributed by atoms with Crippen LogP contribution in [0, 0.1) is 5.82 Å². The molecule has 2 N–H and O–H groups in total. The molecule has 0 bridgehead atoms. The molecule has 2 aromatic carbocycles. The standard InChI is InChI=1S/C20H16FN3O6/c1-2-22-20(29)23-16(25)10-30-19(28)11-3-8-14-15(9-11)18(27)24(17(14)26)13-6-4-12(21)5-7-13/h3-9H,2,10H2,1H3,(H2,22,23,25,29). The van der Waals surface area contributed by atoms with Gasteiger partial charge in [-0.15, -0.1) is 0 Å². The number of halogens is 1. The zero-order valence-corrected chi connectivity index (χ0v) is 15.7. The molecule has 0 saturated heterocycles. The summed E-state index contributed by atoms with van der Waals surface area (Å²) in [5.41, 5.74) is 0.191. The van der Waals surface area contributed by atoms with Crippen LogP contribution in [0.2, 0.25) is 0 Å². The van der Waals surface area contributed by atoms with Crippen molar-refractivity contribution in [2.75, 3.05) is 18.1 Å². The van der Waals surface area contributed by atoms with Gasteiger partial charge in [0.2, 0.25) is 0 Å². The fraction of sp³-hybridized carbons (Fsp3) is 0.150. The molecule has 0 atom stereocenters. The molecule has 3 rings (SSSR count). The van der Waals surface area contributed by atoms with Gasteiger partial charge in [-0.2, -0.15) is 0 Å². The van der Waals surface area contributed by atoms with Crippen molar-refractivity contribution in [2.24, 2.45) is 0 Å². The molecule has 0 saturated carbocycles. The molecule has 0 spiro atoms. The van der Waals surface area contributed by atoms with Gasteiger partial charge < -0.3 is 10.1 Å². The highest BCUT2D eigenvalue weighted by atomic mass is 19.1. The van der Waals surface area contributed by atoms with Crippen molar-refractivity contribution in [3.63, 3.8) is 0 Å². The van der Waals surface area contributed by atoms with Crippen molar-refractivity contribution in [2.45, 2.75) is 6.92 Å². The Morgan fingerprint density at radius 1 is 1.00 bits per heavy atom. The van der Waals surface area contributed by atoms with E-state index in [1.165, 1.54) is 30.3 Å². The average molecular weight is 413 g/mol. The summed E-state index contributed by atoms with van der Waals surface area (Å²) in [5.74, 6) is -3.54. The van der Waals surface area contributed by atoms with Crippen LogP contribution in [0.15, 0.2) is 42.5 Å². The third-order valence-corrected chi connectivity index (χ3v) is 4.13. The number of benzene rings is 2. The minimum absolute atomic E-state index is 0.0226. The summed E-state index contributed by atoms with van der Waals surface area (Å²) in [5, 5.41) is 4.32. The predicted molar refractivity (Wildman–Crippen MR) is 101 cm³/mol. The third-order valence-electron chi connectivity index (χ3n) is 4.13. The smallest absolute Gasteiger partial charge is 0.338 e. The second kappa shape index (κ2) is 8.52. The van der Waals surface area contributed by atoms with Crippen LogP contribution in [0.3, 0.4) is 0 Å². The zero-order valence-electron chi connectivity index (χ0n) is 15.7. The van der Waals surface area contributed by atoms with Gasteiger partial charge >= 0.3 is 12.0 Å². The minimum atomic E-state index is -0.913. The van der Waals surface area contributed by atoms with E-state index in [9.17, 15) is 28.4 Å². The van der Waals surface area contributed by atoms with Gasteiger partial charge in [0.1, 0.15) is 5.82 Å². The SMILES string of the molecule is CCNC(=O)NC(=O)COC(=O)c1ccc2c(c1)C(=O)N(c1ccc(F)cc1)C2=O. The number of hydrogen-bond donors (Lipinski definition) is 2. The van der Waals surface area contributed by atoms with Gasteiger partial charge in [0.25, 0.3) is 17.7 Å². The molecule has 1 heterocycles. The first-order valence-electron chi connectivity index (χ1n) is 8.85. The Kier molecular flexibility index (Phi) is 5.86. The highest BCUT2D eigenvalue weighted by molar-refractivity contribution is 6.34. The quantitative estimate of drug-likeness (QED) is 0.568. The van der Waals surface area contributed by atoms with Gasteiger partial charge in [-0.3, -0.25) is 19.7 Å². The first-order valence-corrected chi connectivity index (χ1v) is 8.85. The van der Waals surface area contributed by atoms with Crippen LogP contribution < -0.4 is 15.5 Å². The maximum Gasteiger partial charge on any atom is 0.338 e. The van der Waals surface area contributed by atoms with E-state index in [0.717, 1.165) is 17.0 Å². The highest BCUT2D eigenvalue weighted by Gasteiger charge is 2.37. The van der Waals surface area contributed by atoms with Gasteiger partial charge in [-0.1, -0.05) is 0 Å². The summed E-state index contributed by atoms with van der Waals surface area (Å²) in [4.78, 5) is 61.1. The number of urea groups is 1. The Bertz CT molecular complexity index is 1050. The molecule has 2 aromatic rings. The second-order valence-electron chi connectivity index (χ2n) is 6.17. The molecule has 9 nitrogen and oxygen atoms in total. The Hall–Kier alpha value is -4.08. The van der Waals surface area contributed by atoms with Crippen LogP contribution in [0.4, 0.5) is 14.9 Å². The van der Waals surface area contributed by atoms with E-state index in [-0.39, 0.29) is 22.4 Å². The Balaban J connectivity index is 1.71. The Labute approximate surface area is 169 Å². The van der Waals surface area contributed by atoms with E-state index in [2.05, 4.69) is 5.32 Å². The number of hydrogen-bond acceptors (Lipinski definition) is 6. The average Bonchev–Trinajstić information content (AvgIpc) is 2.97. The number of esters is 1. The molecule has 0 fully saturated rings.